The molecule has 1 fully saturated rings. The maximum Gasteiger partial charge on any atom is 0.258 e. The third-order valence-corrected chi connectivity index (χ3v) is 5.10. The highest BCUT2D eigenvalue weighted by Crippen LogP contribution is 2.21. The summed E-state index contributed by atoms with van der Waals surface area (Å²) in [5, 5.41) is 3.00. The lowest BCUT2D eigenvalue weighted by atomic mass is 10.0. The van der Waals surface area contributed by atoms with Gasteiger partial charge >= 0.3 is 0 Å². The Morgan fingerprint density at radius 1 is 1.19 bits per heavy atom. The average Bonchev–Trinajstić information content (AvgIpc) is 2.63. The van der Waals surface area contributed by atoms with Gasteiger partial charge in [0.05, 0.1) is 13.1 Å². The molecule has 0 bridgehead atoms. The molecule has 0 spiro atoms. The topological polar surface area (TPSA) is 42.8 Å². The van der Waals surface area contributed by atoms with Crippen LogP contribution in [0.4, 0.5) is 4.39 Å². The van der Waals surface area contributed by atoms with E-state index in [1.54, 1.807) is 6.07 Å². The summed E-state index contributed by atoms with van der Waals surface area (Å²) in [5.74, 6) is -0.598. The normalized spacial score (nSPS) is 19.8. The van der Waals surface area contributed by atoms with Crippen LogP contribution in [0.1, 0.15) is 18.4 Å². The van der Waals surface area contributed by atoms with E-state index in [2.05, 4.69) is 45.5 Å². The van der Waals surface area contributed by atoms with Gasteiger partial charge in [0.2, 0.25) is 0 Å². The van der Waals surface area contributed by atoms with Crippen LogP contribution in [0.5, 0.6) is 5.75 Å². The minimum atomic E-state index is -0.481. The van der Waals surface area contributed by atoms with E-state index in [-0.39, 0.29) is 24.3 Å². The van der Waals surface area contributed by atoms with E-state index in [0.717, 1.165) is 32.5 Å². The summed E-state index contributed by atoms with van der Waals surface area (Å²) in [4.78, 5) is 13.6. The second-order valence-corrected chi connectivity index (χ2v) is 7.53. The Kier molecular flexibility index (Phi) is 6.63. The third kappa shape index (κ3) is 5.54. The Labute approximate surface area is 161 Å². The molecule has 6 heteroatoms. The third-order valence-electron chi connectivity index (χ3n) is 4.61. The first-order valence-corrected chi connectivity index (χ1v) is 9.64. The van der Waals surface area contributed by atoms with Gasteiger partial charge < -0.3 is 15.0 Å². The van der Waals surface area contributed by atoms with Gasteiger partial charge in [-0.15, -0.1) is 0 Å². The Bertz CT molecular complexity index is 734. The lowest BCUT2D eigenvalue weighted by molar-refractivity contribution is -0.918. The monoisotopic (exact) mass is 421 g/mol. The first-order chi connectivity index (χ1) is 12.6. The molecule has 26 heavy (non-hydrogen) atoms. The number of halogens is 2. The Balaban J connectivity index is 1.39. The highest BCUT2D eigenvalue weighted by atomic mass is 79.9. The first kappa shape index (κ1) is 18.9. The molecule has 1 saturated heterocycles. The number of likely N-dealkylation sites (tertiary alicyclic amines) is 1. The molecule has 2 aromatic carbocycles. The van der Waals surface area contributed by atoms with Crippen molar-refractivity contribution in [2.45, 2.75) is 25.4 Å². The summed E-state index contributed by atoms with van der Waals surface area (Å²) in [6, 6.07) is 15.1. The number of benzene rings is 2. The van der Waals surface area contributed by atoms with Crippen molar-refractivity contribution >= 4 is 21.8 Å². The van der Waals surface area contributed by atoms with Crippen molar-refractivity contribution in [2.24, 2.45) is 0 Å². The van der Waals surface area contributed by atoms with Crippen LogP contribution in [-0.2, 0) is 11.3 Å². The van der Waals surface area contributed by atoms with Crippen molar-refractivity contribution in [2.75, 3.05) is 19.7 Å². The molecule has 1 amide bonds. The van der Waals surface area contributed by atoms with Crippen molar-refractivity contribution in [3.63, 3.8) is 0 Å². The molecule has 0 aliphatic carbocycles. The predicted molar refractivity (Wildman–Crippen MR) is 102 cm³/mol. The van der Waals surface area contributed by atoms with E-state index in [1.807, 2.05) is 6.07 Å². The second-order valence-electron chi connectivity index (χ2n) is 6.62. The van der Waals surface area contributed by atoms with E-state index in [9.17, 15) is 9.18 Å². The zero-order valence-corrected chi connectivity index (χ0v) is 16.1. The second kappa shape index (κ2) is 9.14. The summed E-state index contributed by atoms with van der Waals surface area (Å²) in [6.45, 7) is 2.91. The van der Waals surface area contributed by atoms with Crippen molar-refractivity contribution < 1.29 is 18.8 Å². The number of ether oxygens (including phenoxy) is 1. The highest BCUT2D eigenvalue weighted by Gasteiger charge is 2.23. The van der Waals surface area contributed by atoms with Crippen molar-refractivity contribution in [1.82, 2.24) is 5.32 Å². The molecule has 0 radical (unpaired) electrons. The van der Waals surface area contributed by atoms with Crippen molar-refractivity contribution in [3.05, 3.63) is 64.4 Å². The minimum absolute atomic E-state index is 0.0884. The Hall–Kier alpha value is -1.92. The summed E-state index contributed by atoms with van der Waals surface area (Å²) in [7, 11) is 0. The van der Waals surface area contributed by atoms with Gasteiger partial charge in [0, 0.05) is 28.9 Å². The smallest absolute Gasteiger partial charge is 0.258 e. The fraction of sp³-hybridized carbons (Fsp3) is 0.350. The number of hydrogen-bond acceptors (Lipinski definition) is 2. The quantitative estimate of drug-likeness (QED) is 0.751. The van der Waals surface area contributed by atoms with Crippen LogP contribution >= 0.6 is 15.9 Å². The van der Waals surface area contributed by atoms with Crippen LogP contribution in [0.25, 0.3) is 0 Å². The highest BCUT2D eigenvalue weighted by molar-refractivity contribution is 9.10. The number of carbonyl (C=O) groups excluding carboxylic acids is 1. The molecule has 0 aromatic heterocycles. The lowest BCUT2D eigenvalue weighted by Crippen LogP contribution is -3.12. The van der Waals surface area contributed by atoms with Crippen molar-refractivity contribution in [3.8, 4) is 5.75 Å². The van der Waals surface area contributed by atoms with E-state index >= 15 is 0 Å². The van der Waals surface area contributed by atoms with E-state index < -0.39 is 5.82 Å². The minimum Gasteiger partial charge on any atom is -0.481 e. The number of carbonyl (C=O) groups is 1. The molecule has 0 unspecified atom stereocenters. The SMILES string of the molecule is O=C(COc1ccc(Br)cc1F)NC1CC[NH+](Cc2ccccc2)CC1. The number of nitrogens with one attached hydrogen (secondary N) is 2. The molecule has 1 heterocycles. The molecule has 1 aliphatic heterocycles. The van der Waals surface area contributed by atoms with Gasteiger partial charge in [0.1, 0.15) is 6.54 Å². The fourth-order valence-corrected chi connectivity index (χ4v) is 3.57. The molecule has 0 saturated carbocycles. The predicted octanol–water partition coefficient (Wildman–Crippen LogP) is 2.33. The van der Waals surface area contributed by atoms with E-state index in [4.69, 9.17) is 4.74 Å². The van der Waals surface area contributed by atoms with Gasteiger partial charge in [0.15, 0.2) is 18.2 Å². The molecule has 2 N–H and O–H groups in total. The molecule has 2 aromatic rings. The summed E-state index contributed by atoms with van der Waals surface area (Å²) in [5.41, 5.74) is 1.34. The number of amides is 1. The maximum absolute atomic E-state index is 13.7. The maximum atomic E-state index is 13.7. The molecular weight excluding hydrogens is 399 g/mol. The van der Waals surface area contributed by atoms with E-state index in [0.29, 0.717) is 4.47 Å². The van der Waals surface area contributed by atoms with Gasteiger partial charge in [-0.05, 0) is 18.2 Å². The van der Waals surface area contributed by atoms with Crippen LogP contribution in [0.3, 0.4) is 0 Å². The van der Waals surface area contributed by atoms with Crippen LogP contribution < -0.4 is 15.0 Å². The molecule has 1 aliphatic rings. The standard InChI is InChI=1S/C20H22BrFN2O2/c21-16-6-7-19(18(22)12-16)26-14-20(25)23-17-8-10-24(11-9-17)13-15-4-2-1-3-5-15/h1-7,12,17H,8-11,13-14H2,(H,23,25)/p+1. The van der Waals surface area contributed by atoms with Gasteiger partial charge in [-0.25, -0.2) is 4.39 Å². The zero-order chi connectivity index (χ0) is 18.4. The largest absolute Gasteiger partial charge is 0.481 e. The van der Waals surface area contributed by atoms with Gasteiger partial charge in [-0.3, -0.25) is 4.79 Å². The van der Waals surface area contributed by atoms with Gasteiger partial charge in [-0.2, -0.15) is 0 Å². The molecule has 4 nitrogen and oxygen atoms in total. The Morgan fingerprint density at radius 3 is 2.62 bits per heavy atom. The molecular formula is C20H23BrFN2O2+. The number of quaternary nitrogens is 1. The average molecular weight is 422 g/mol. The summed E-state index contributed by atoms with van der Waals surface area (Å²) in [6.07, 6.45) is 1.89. The fourth-order valence-electron chi connectivity index (χ4n) is 3.24. The summed E-state index contributed by atoms with van der Waals surface area (Å²) >= 11 is 3.19. The molecule has 3 rings (SSSR count). The molecule has 0 atom stereocenters. The molecule has 138 valence electrons. The zero-order valence-electron chi connectivity index (χ0n) is 14.5. The van der Waals surface area contributed by atoms with Crippen LogP contribution in [-0.4, -0.2) is 31.6 Å². The number of rotatable bonds is 6. The number of hydrogen-bond donors (Lipinski definition) is 2. The number of piperidine rings is 1. The lowest BCUT2D eigenvalue weighted by Gasteiger charge is -2.29. The van der Waals surface area contributed by atoms with Gasteiger partial charge in [-0.1, -0.05) is 46.3 Å². The first-order valence-electron chi connectivity index (χ1n) is 8.85. The van der Waals surface area contributed by atoms with Crippen LogP contribution in [0.2, 0.25) is 0 Å². The Morgan fingerprint density at radius 2 is 1.92 bits per heavy atom. The van der Waals surface area contributed by atoms with Crippen LogP contribution in [0, 0.1) is 5.82 Å². The van der Waals surface area contributed by atoms with Gasteiger partial charge in [0.25, 0.3) is 5.91 Å². The summed E-state index contributed by atoms with van der Waals surface area (Å²) < 4.78 is 19.6. The van der Waals surface area contributed by atoms with Crippen molar-refractivity contribution in [1.29, 1.82) is 0 Å². The van der Waals surface area contributed by atoms with E-state index in [1.165, 1.54) is 22.6 Å². The van der Waals surface area contributed by atoms with Crippen LogP contribution in [0.15, 0.2) is 53.0 Å².